The molecule has 3 rings (SSSR count). The van der Waals surface area contributed by atoms with Crippen LogP contribution in [0.3, 0.4) is 0 Å². The summed E-state index contributed by atoms with van der Waals surface area (Å²) in [5.41, 5.74) is 1.95. The van der Waals surface area contributed by atoms with Gasteiger partial charge in [0.25, 0.3) is 0 Å². The Morgan fingerprint density at radius 3 is 2.91 bits per heavy atom. The van der Waals surface area contributed by atoms with E-state index in [1.54, 1.807) is 19.6 Å². The lowest BCUT2D eigenvalue weighted by atomic mass is 10.2. The van der Waals surface area contributed by atoms with Gasteiger partial charge < -0.3 is 19.8 Å². The molecule has 0 aliphatic rings. The van der Waals surface area contributed by atoms with Crippen molar-refractivity contribution < 1.29 is 9.15 Å². The number of methoxy groups -OCH3 is 1. The maximum Gasteiger partial charge on any atom is 0.229 e. The molecule has 0 spiro atoms. The quantitative estimate of drug-likeness (QED) is 0.722. The normalized spacial score (nSPS) is 10.3. The lowest BCUT2D eigenvalue weighted by molar-refractivity contribution is 0.416. The van der Waals surface area contributed by atoms with E-state index in [4.69, 9.17) is 9.15 Å². The molecular weight excluding hydrogens is 292 g/mol. The minimum absolute atomic E-state index is 0.498. The van der Waals surface area contributed by atoms with Gasteiger partial charge in [-0.2, -0.15) is 4.98 Å². The zero-order valence-electron chi connectivity index (χ0n) is 13.0. The molecule has 23 heavy (non-hydrogen) atoms. The summed E-state index contributed by atoms with van der Waals surface area (Å²) in [6.45, 7) is 2.59. The highest BCUT2D eigenvalue weighted by Crippen LogP contribution is 2.27. The molecule has 0 atom stereocenters. The lowest BCUT2D eigenvalue weighted by Gasteiger charge is -2.11. The molecule has 6 nitrogen and oxygen atoms in total. The fourth-order valence-corrected chi connectivity index (χ4v) is 2.15. The van der Waals surface area contributed by atoms with Gasteiger partial charge in [-0.3, -0.25) is 0 Å². The molecule has 118 valence electrons. The van der Waals surface area contributed by atoms with Crippen molar-refractivity contribution in [1.82, 2.24) is 9.97 Å². The molecule has 2 N–H and O–H groups in total. The van der Waals surface area contributed by atoms with Gasteiger partial charge in [0.05, 0.1) is 25.6 Å². The van der Waals surface area contributed by atoms with Crippen molar-refractivity contribution in [1.29, 1.82) is 0 Å². The van der Waals surface area contributed by atoms with Gasteiger partial charge in [-0.25, -0.2) is 4.98 Å². The van der Waals surface area contributed by atoms with E-state index in [2.05, 4.69) is 20.6 Å². The van der Waals surface area contributed by atoms with Gasteiger partial charge in [0.15, 0.2) is 0 Å². The summed E-state index contributed by atoms with van der Waals surface area (Å²) in [4.78, 5) is 8.69. The molecule has 0 fully saturated rings. The molecule has 2 aromatic heterocycles. The number of nitrogens with zero attached hydrogens (tertiary/aromatic N) is 2. The predicted octanol–water partition coefficient (Wildman–Crippen LogP) is 3.74. The van der Waals surface area contributed by atoms with Gasteiger partial charge in [0.2, 0.25) is 5.95 Å². The maximum absolute atomic E-state index is 5.35. The Labute approximate surface area is 134 Å². The smallest absolute Gasteiger partial charge is 0.229 e. The van der Waals surface area contributed by atoms with Crippen LogP contribution in [0, 0.1) is 6.92 Å². The number of rotatable bonds is 6. The molecule has 0 saturated heterocycles. The Hall–Kier alpha value is -3.02. The molecule has 1 aromatic carbocycles. The highest BCUT2D eigenvalue weighted by molar-refractivity contribution is 5.64. The topological polar surface area (TPSA) is 72.2 Å². The van der Waals surface area contributed by atoms with E-state index in [9.17, 15) is 0 Å². The van der Waals surface area contributed by atoms with Crippen molar-refractivity contribution in [2.24, 2.45) is 0 Å². The first-order valence-corrected chi connectivity index (χ1v) is 7.25. The summed E-state index contributed by atoms with van der Waals surface area (Å²) in [6, 6.07) is 11.5. The molecule has 0 unspecified atom stereocenters. The fraction of sp³-hybridized carbons (Fsp3) is 0.176. The van der Waals surface area contributed by atoms with Gasteiger partial charge in [0, 0.05) is 6.20 Å². The molecule has 0 radical (unpaired) electrons. The zero-order valence-corrected chi connectivity index (χ0v) is 13.0. The maximum atomic E-state index is 5.35. The average Bonchev–Trinajstić information content (AvgIpc) is 3.07. The molecule has 0 aliphatic carbocycles. The van der Waals surface area contributed by atoms with E-state index in [0.29, 0.717) is 18.3 Å². The van der Waals surface area contributed by atoms with Crippen LogP contribution in [0.2, 0.25) is 0 Å². The van der Waals surface area contributed by atoms with Crippen molar-refractivity contribution >= 4 is 17.5 Å². The number of furan rings is 1. The lowest BCUT2D eigenvalue weighted by Crippen LogP contribution is -2.04. The summed E-state index contributed by atoms with van der Waals surface area (Å²) in [6.07, 6.45) is 3.34. The second kappa shape index (κ2) is 6.83. The molecule has 3 aromatic rings. The van der Waals surface area contributed by atoms with Crippen LogP contribution in [0.4, 0.5) is 17.5 Å². The molecule has 0 amide bonds. The highest BCUT2D eigenvalue weighted by Gasteiger charge is 2.06. The van der Waals surface area contributed by atoms with Crippen LogP contribution in [0.15, 0.2) is 53.3 Å². The number of anilines is 3. The molecular formula is C17H18N4O2. The minimum atomic E-state index is 0.498. The number of nitrogens with one attached hydrogen (secondary N) is 2. The second-order valence-corrected chi connectivity index (χ2v) is 5.03. The number of hydrogen-bond donors (Lipinski definition) is 2. The van der Waals surface area contributed by atoms with Gasteiger partial charge >= 0.3 is 0 Å². The first-order valence-electron chi connectivity index (χ1n) is 7.25. The second-order valence-electron chi connectivity index (χ2n) is 5.03. The van der Waals surface area contributed by atoms with Crippen molar-refractivity contribution in [3.8, 4) is 5.75 Å². The average molecular weight is 310 g/mol. The van der Waals surface area contributed by atoms with Crippen LogP contribution in [0.1, 0.15) is 11.3 Å². The SMILES string of the molecule is COc1ccc(C)cc1Nc1nccc(NCc2ccco2)n1. The van der Waals surface area contributed by atoms with E-state index < -0.39 is 0 Å². The largest absolute Gasteiger partial charge is 0.495 e. The summed E-state index contributed by atoms with van der Waals surface area (Å²) in [5.74, 6) is 2.80. The summed E-state index contributed by atoms with van der Waals surface area (Å²) in [5, 5.41) is 6.38. The van der Waals surface area contributed by atoms with Crippen molar-refractivity contribution in [2.45, 2.75) is 13.5 Å². The number of benzene rings is 1. The van der Waals surface area contributed by atoms with Crippen molar-refractivity contribution in [3.63, 3.8) is 0 Å². The molecule has 0 bridgehead atoms. The Morgan fingerprint density at radius 1 is 1.22 bits per heavy atom. The Kier molecular flexibility index (Phi) is 4.42. The monoisotopic (exact) mass is 310 g/mol. The molecule has 0 aliphatic heterocycles. The standard InChI is InChI=1S/C17H18N4O2/c1-12-5-6-15(22-2)14(10-12)20-17-18-8-7-16(21-17)19-11-13-4-3-9-23-13/h3-10H,11H2,1-2H3,(H2,18,19,20,21). The van der Waals surface area contributed by atoms with Crippen molar-refractivity contribution in [3.05, 3.63) is 60.2 Å². The third kappa shape index (κ3) is 3.79. The number of aryl methyl sites for hydroxylation is 1. The summed E-state index contributed by atoms with van der Waals surface area (Å²) in [7, 11) is 1.64. The van der Waals surface area contributed by atoms with E-state index in [1.807, 2.05) is 43.3 Å². The predicted molar refractivity (Wildman–Crippen MR) is 89.1 cm³/mol. The van der Waals surface area contributed by atoms with Crippen molar-refractivity contribution in [2.75, 3.05) is 17.7 Å². The third-order valence-electron chi connectivity index (χ3n) is 3.28. The van der Waals surface area contributed by atoms with Crippen LogP contribution in [-0.2, 0) is 6.54 Å². The zero-order chi connectivity index (χ0) is 16.1. The molecule has 0 saturated carbocycles. The summed E-state index contributed by atoms with van der Waals surface area (Å²) < 4.78 is 10.6. The Morgan fingerprint density at radius 2 is 2.13 bits per heavy atom. The summed E-state index contributed by atoms with van der Waals surface area (Å²) >= 11 is 0. The first-order chi connectivity index (χ1) is 11.2. The molecule has 2 heterocycles. The van der Waals surface area contributed by atoms with Crippen LogP contribution in [0.25, 0.3) is 0 Å². The number of hydrogen-bond acceptors (Lipinski definition) is 6. The fourth-order valence-electron chi connectivity index (χ4n) is 2.15. The van der Waals surface area contributed by atoms with Crippen LogP contribution < -0.4 is 15.4 Å². The van der Waals surface area contributed by atoms with Gasteiger partial charge in [-0.15, -0.1) is 0 Å². The third-order valence-corrected chi connectivity index (χ3v) is 3.28. The van der Waals surface area contributed by atoms with Crippen LogP contribution in [0.5, 0.6) is 5.75 Å². The van der Waals surface area contributed by atoms with Gasteiger partial charge in [-0.05, 0) is 42.8 Å². The van der Waals surface area contributed by atoms with Gasteiger partial charge in [-0.1, -0.05) is 6.07 Å². The molecule has 6 heteroatoms. The van der Waals surface area contributed by atoms with E-state index >= 15 is 0 Å². The van der Waals surface area contributed by atoms with E-state index in [0.717, 1.165) is 22.8 Å². The first kappa shape index (κ1) is 14.9. The van der Waals surface area contributed by atoms with Crippen LogP contribution >= 0.6 is 0 Å². The van der Waals surface area contributed by atoms with Gasteiger partial charge in [0.1, 0.15) is 17.3 Å². The Bertz CT molecular complexity index is 772. The Balaban J connectivity index is 1.73. The van der Waals surface area contributed by atoms with E-state index in [-0.39, 0.29) is 0 Å². The minimum Gasteiger partial charge on any atom is -0.495 e. The number of aromatic nitrogens is 2. The van der Waals surface area contributed by atoms with Crippen LogP contribution in [-0.4, -0.2) is 17.1 Å². The highest BCUT2D eigenvalue weighted by atomic mass is 16.5. The number of ether oxygens (including phenoxy) is 1. The van der Waals surface area contributed by atoms with E-state index in [1.165, 1.54) is 0 Å².